The van der Waals surface area contributed by atoms with Crippen molar-refractivity contribution in [2.24, 2.45) is 0 Å². The predicted molar refractivity (Wildman–Crippen MR) is 38.5 cm³/mol. The zero-order valence-electron chi connectivity index (χ0n) is 6.18. The highest BCUT2D eigenvalue weighted by molar-refractivity contribution is 5.89. The molecule has 1 aliphatic heterocycles. The van der Waals surface area contributed by atoms with Gasteiger partial charge in [-0.25, -0.2) is 4.79 Å². The molecule has 0 aromatic heterocycles. The van der Waals surface area contributed by atoms with E-state index < -0.39 is 0 Å². The minimum Gasteiger partial charge on any atom is -0.457 e. The van der Waals surface area contributed by atoms with Gasteiger partial charge in [0.05, 0.1) is 0 Å². The fourth-order valence-corrected chi connectivity index (χ4v) is 0.808. The van der Waals surface area contributed by atoms with E-state index >= 15 is 0 Å². The van der Waals surface area contributed by atoms with Crippen molar-refractivity contribution in [3.63, 3.8) is 0 Å². The molecular formula is C8H10O2. The number of rotatable bonds is 0. The third-order valence-electron chi connectivity index (χ3n) is 1.46. The van der Waals surface area contributed by atoms with Crippen LogP contribution >= 0.6 is 0 Å². The van der Waals surface area contributed by atoms with Gasteiger partial charge in [-0.05, 0) is 25.5 Å². The number of cyclic esters (lactones) is 1. The standard InChI is InChI=1S/C8H10O2/c1-3-7-4-6(2)8(9)10-5-7/h3-4H,5H2,1-2H3/b7-3-. The second-order valence-electron chi connectivity index (χ2n) is 2.27. The van der Waals surface area contributed by atoms with E-state index in [9.17, 15) is 4.79 Å². The lowest BCUT2D eigenvalue weighted by Gasteiger charge is -2.11. The van der Waals surface area contributed by atoms with Gasteiger partial charge in [0.25, 0.3) is 0 Å². The molecule has 0 aliphatic carbocycles. The molecule has 0 saturated carbocycles. The van der Waals surface area contributed by atoms with Gasteiger partial charge in [-0.1, -0.05) is 6.08 Å². The summed E-state index contributed by atoms with van der Waals surface area (Å²) < 4.78 is 4.82. The molecule has 2 nitrogen and oxygen atoms in total. The van der Waals surface area contributed by atoms with Gasteiger partial charge in [0.15, 0.2) is 0 Å². The Morgan fingerprint density at radius 2 is 2.40 bits per heavy atom. The lowest BCUT2D eigenvalue weighted by Crippen LogP contribution is -2.13. The molecule has 1 rings (SSSR count). The van der Waals surface area contributed by atoms with E-state index in [0.29, 0.717) is 12.2 Å². The van der Waals surface area contributed by atoms with Crippen LogP contribution in [0.4, 0.5) is 0 Å². The lowest BCUT2D eigenvalue weighted by atomic mass is 10.1. The van der Waals surface area contributed by atoms with Gasteiger partial charge in [0.1, 0.15) is 6.61 Å². The average molecular weight is 138 g/mol. The van der Waals surface area contributed by atoms with Crippen LogP contribution in [0.5, 0.6) is 0 Å². The van der Waals surface area contributed by atoms with Crippen LogP contribution in [0.25, 0.3) is 0 Å². The summed E-state index contributed by atoms with van der Waals surface area (Å²) in [6.07, 6.45) is 3.79. The number of esters is 1. The van der Waals surface area contributed by atoms with Gasteiger partial charge in [-0.2, -0.15) is 0 Å². The van der Waals surface area contributed by atoms with Gasteiger partial charge in [0, 0.05) is 5.57 Å². The Balaban J connectivity index is 2.85. The van der Waals surface area contributed by atoms with Crippen molar-refractivity contribution in [2.75, 3.05) is 6.61 Å². The van der Waals surface area contributed by atoms with Crippen LogP contribution < -0.4 is 0 Å². The first-order chi connectivity index (χ1) is 4.74. The van der Waals surface area contributed by atoms with E-state index in [1.54, 1.807) is 6.92 Å². The zero-order chi connectivity index (χ0) is 7.56. The second-order valence-corrected chi connectivity index (χ2v) is 2.27. The first kappa shape index (κ1) is 7.06. The molecule has 1 heterocycles. The molecular weight excluding hydrogens is 128 g/mol. The molecule has 0 aromatic carbocycles. The minimum absolute atomic E-state index is 0.203. The summed E-state index contributed by atoms with van der Waals surface area (Å²) >= 11 is 0. The van der Waals surface area contributed by atoms with Crippen molar-refractivity contribution in [2.45, 2.75) is 13.8 Å². The van der Waals surface area contributed by atoms with Crippen molar-refractivity contribution in [1.82, 2.24) is 0 Å². The molecule has 54 valence electrons. The van der Waals surface area contributed by atoms with Crippen molar-refractivity contribution in [3.8, 4) is 0 Å². The Bertz CT molecular complexity index is 211. The number of ether oxygens (including phenoxy) is 1. The summed E-state index contributed by atoms with van der Waals surface area (Å²) in [5.41, 5.74) is 1.75. The summed E-state index contributed by atoms with van der Waals surface area (Å²) in [6.45, 7) is 4.11. The molecule has 0 amide bonds. The maximum atomic E-state index is 10.7. The van der Waals surface area contributed by atoms with Crippen LogP contribution in [-0.2, 0) is 9.53 Å². The first-order valence-electron chi connectivity index (χ1n) is 3.24. The molecule has 0 spiro atoms. The molecule has 0 N–H and O–H groups in total. The van der Waals surface area contributed by atoms with Crippen LogP contribution in [-0.4, -0.2) is 12.6 Å². The van der Waals surface area contributed by atoms with E-state index in [-0.39, 0.29) is 5.97 Å². The van der Waals surface area contributed by atoms with Crippen molar-refractivity contribution < 1.29 is 9.53 Å². The van der Waals surface area contributed by atoms with Gasteiger partial charge in [0.2, 0.25) is 0 Å². The molecule has 1 aliphatic rings. The number of carbonyl (C=O) groups excluding carboxylic acids is 1. The molecule has 2 heteroatoms. The number of hydrogen-bond acceptors (Lipinski definition) is 2. The summed E-state index contributed by atoms with van der Waals surface area (Å²) in [4.78, 5) is 10.7. The SMILES string of the molecule is C/C=C1/C=C(C)C(=O)OC1. The van der Waals surface area contributed by atoms with Gasteiger partial charge < -0.3 is 4.74 Å². The molecule has 0 radical (unpaired) electrons. The number of carbonyl (C=O) groups is 1. The Kier molecular flexibility index (Phi) is 1.90. The third kappa shape index (κ3) is 1.26. The zero-order valence-corrected chi connectivity index (χ0v) is 6.18. The Hall–Kier alpha value is -1.05. The molecule has 0 saturated heterocycles. The van der Waals surface area contributed by atoms with Crippen LogP contribution in [0.2, 0.25) is 0 Å². The highest BCUT2D eigenvalue weighted by Crippen LogP contribution is 2.11. The predicted octanol–water partition coefficient (Wildman–Crippen LogP) is 1.44. The van der Waals surface area contributed by atoms with Crippen LogP contribution in [0.1, 0.15) is 13.8 Å². The molecule has 0 aromatic rings. The Morgan fingerprint density at radius 1 is 1.70 bits per heavy atom. The number of allylic oxidation sites excluding steroid dienone is 1. The minimum atomic E-state index is -0.203. The maximum absolute atomic E-state index is 10.7. The van der Waals surface area contributed by atoms with Crippen molar-refractivity contribution in [3.05, 3.63) is 23.3 Å². The number of hydrogen-bond donors (Lipinski definition) is 0. The second kappa shape index (κ2) is 2.69. The summed E-state index contributed by atoms with van der Waals surface area (Å²) in [6, 6.07) is 0. The largest absolute Gasteiger partial charge is 0.457 e. The normalized spacial score (nSPS) is 22.4. The monoisotopic (exact) mass is 138 g/mol. The molecule has 10 heavy (non-hydrogen) atoms. The van der Waals surface area contributed by atoms with Crippen LogP contribution in [0.3, 0.4) is 0 Å². The quantitative estimate of drug-likeness (QED) is 0.473. The molecule has 0 atom stereocenters. The van der Waals surface area contributed by atoms with E-state index in [4.69, 9.17) is 4.74 Å². The first-order valence-corrected chi connectivity index (χ1v) is 3.24. The molecule has 0 unspecified atom stereocenters. The fourth-order valence-electron chi connectivity index (χ4n) is 0.808. The van der Waals surface area contributed by atoms with E-state index in [1.165, 1.54) is 0 Å². The molecule has 0 bridgehead atoms. The molecule has 0 fully saturated rings. The topological polar surface area (TPSA) is 26.3 Å². The van der Waals surface area contributed by atoms with E-state index in [0.717, 1.165) is 5.57 Å². The Morgan fingerprint density at radius 3 is 2.90 bits per heavy atom. The van der Waals surface area contributed by atoms with Crippen molar-refractivity contribution in [1.29, 1.82) is 0 Å². The van der Waals surface area contributed by atoms with Crippen LogP contribution in [0.15, 0.2) is 23.3 Å². The average Bonchev–Trinajstić information content (AvgIpc) is 1.95. The van der Waals surface area contributed by atoms with E-state index in [1.807, 2.05) is 19.1 Å². The third-order valence-corrected chi connectivity index (χ3v) is 1.46. The van der Waals surface area contributed by atoms with Crippen LogP contribution in [0, 0.1) is 0 Å². The van der Waals surface area contributed by atoms with Crippen molar-refractivity contribution >= 4 is 5.97 Å². The maximum Gasteiger partial charge on any atom is 0.334 e. The lowest BCUT2D eigenvalue weighted by molar-refractivity contribution is -0.138. The summed E-state index contributed by atoms with van der Waals surface area (Å²) in [7, 11) is 0. The van der Waals surface area contributed by atoms with Gasteiger partial charge in [-0.15, -0.1) is 0 Å². The smallest absolute Gasteiger partial charge is 0.334 e. The summed E-state index contributed by atoms with van der Waals surface area (Å²) in [5.74, 6) is -0.203. The Labute approximate surface area is 60.2 Å². The summed E-state index contributed by atoms with van der Waals surface area (Å²) in [5, 5.41) is 0. The van der Waals surface area contributed by atoms with E-state index in [2.05, 4.69) is 0 Å². The highest BCUT2D eigenvalue weighted by Gasteiger charge is 2.11. The highest BCUT2D eigenvalue weighted by atomic mass is 16.5. The fraction of sp³-hybridized carbons (Fsp3) is 0.375. The van der Waals surface area contributed by atoms with Gasteiger partial charge >= 0.3 is 5.97 Å². The van der Waals surface area contributed by atoms with Gasteiger partial charge in [-0.3, -0.25) is 0 Å².